The standard InChI is InChI=1S/C28H30N2O4/c1-6-30-23-13-25-21(10-16(23)5)26(20-9-15(4)22(29)12-24(20)34-25)18-8-7-17(27(31)14(2)3)11-19(18)28(32)33/h7-14,20,26,29-30H,6H2,1-5H3,(H,32,33). The van der Waals surface area contributed by atoms with Gasteiger partial charge in [0.15, 0.2) is 5.78 Å². The van der Waals surface area contributed by atoms with E-state index in [0.717, 1.165) is 28.9 Å². The van der Waals surface area contributed by atoms with E-state index >= 15 is 0 Å². The average molecular weight is 459 g/mol. The van der Waals surface area contributed by atoms with E-state index in [4.69, 9.17) is 10.1 Å². The summed E-state index contributed by atoms with van der Waals surface area (Å²) in [6.07, 6.45) is 3.71. The van der Waals surface area contributed by atoms with E-state index in [1.807, 2.05) is 32.9 Å². The lowest BCUT2D eigenvalue weighted by Gasteiger charge is -2.37. The molecule has 2 aliphatic rings. The van der Waals surface area contributed by atoms with Crippen molar-refractivity contribution in [3.63, 3.8) is 0 Å². The number of carboxylic acids is 1. The molecule has 1 aliphatic carbocycles. The predicted molar refractivity (Wildman–Crippen MR) is 133 cm³/mol. The van der Waals surface area contributed by atoms with Gasteiger partial charge in [-0.25, -0.2) is 4.79 Å². The van der Waals surface area contributed by atoms with E-state index in [0.29, 0.717) is 28.3 Å². The number of hydrogen-bond donors (Lipinski definition) is 3. The number of rotatable bonds is 6. The summed E-state index contributed by atoms with van der Waals surface area (Å²) in [5.74, 6) is -0.704. The molecule has 0 saturated carbocycles. The van der Waals surface area contributed by atoms with Crippen LogP contribution in [0.2, 0.25) is 0 Å². The SMILES string of the molecule is CCNc1cc2c(cc1C)C(c1ccc(C(=O)C(C)C)cc1C(=O)O)C1C=C(C)C(=N)C=C1O2. The quantitative estimate of drug-likeness (QED) is 0.463. The highest BCUT2D eigenvalue weighted by Crippen LogP contribution is 2.50. The maximum atomic E-state index is 12.6. The highest BCUT2D eigenvalue weighted by Gasteiger charge is 2.39. The number of Topliss-reactive ketones (excluding diaryl/α,β-unsaturated/α-hetero) is 1. The summed E-state index contributed by atoms with van der Waals surface area (Å²) in [7, 11) is 0. The Hall–Kier alpha value is -3.67. The molecule has 0 radical (unpaired) electrons. The highest BCUT2D eigenvalue weighted by molar-refractivity contribution is 6.07. The van der Waals surface area contributed by atoms with Gasteiger partial charge in [-0.05, 0) is 49.6 Å². The molecule has 2 aromatic carbocycles. The minimum atomic E-state index is -1.07. The summed E-state index contributed by atoms with van der Waals surface area (Å²) in [5, 5.41) is 21.7. The van der Waals surface area contributed by atoms with E-state index in [1.54, 1.807) is 32.1 Å². The molecule has 0 fully saturated rings. The molecule has 6 heteroatoms. The number of ether oxygens (including phenoxy) is 1. The fourth-order valence-electron chi connectivity index (χ4n) is 4.75. The third kappa shape index (κ3) is 4.04. The minimum Gasteiger partial charge on any atom is -0.478 e. The Morgan fingerprint density at radius 3 is 2.53 bits per heavy atom. The minimum absolute atomic E-state index is 0.0880. The molecular formula is C28H30N2O4. The molecule has 0 aromatic heterocycles. The number of aromatic carboxylic acids is 1. The number of allylic oxidation sites excluding steroid dienone is 3. The summed E-state index contributed by atoms with van der Waals surface area (Å²) in [6, 6.07) is 9.00. The molecule has 0 bridgehead atoms. The number of carbonyl (C=O) groups excluding carboxylic acids is 1. The number of anilines is 1. The Morgan fingerprint density at radius 2 is 1.88 bits per heavy atom. The van der Waals surface area contributed by atoms with Crippen molar-refractivity contribution in [2.75, 3.05) is 11.9 Å². The van der Waals surface area contributed by atoms with Crippen LogP contribution in [0, 0.1) is 24.2 Å². The maximum Gasteiger partial charge on any atom is 0.336 e. The van der Waals surface area contributed by atoms with Crippen LogP contribution in [0.25, 0.3) is 0 Å². The molecule has 6 nitrogen and oxygen atoms in total. The van der Waals surface area contributed by atoms with Gasteiger partial charge in [0.2, 0.25) is 0 Å². The van der Waals surface area contributed by atoms with Gasteiger partial charge in [0.1, 0.15) is 11.5 Å². The number of aryl methyl sites for hydroxylation is 1. The van der Waals surface area contributed by atoms with Crippen LogP contribution < -0.4 is 10.1 Å². The molecule has 2 atom stereocenters. The zero-order valence-corrected chi connectivity index (χ0v) is 20.2. The van der Waals surface area contributed by atoms with Crippen molar-refractivity contribution in [3.05, 3.63) is 81.6 Å². The maximum absolute atomic E-state index is 12.6. The first-order chi connectivity index (χ1) is 16.1. The van der Waals surface area contributed by atoms with Crippen molar-refractivity contribution in [3.8, 4) is 5.75 Å². The number of nitrogens with one attached hydrogen (secondary N) is 2. The van der Waals surface area contributed by atoms with Crippen LogP contribution in [0.5, 0.6) is 5.75 Å². The average Bonchev–Trinajstić information content (AvgIpc) is 2.79. The van der Waals surface area contributed by atoms with Gasteiger partial charge in [-0.2, -0.15) is 0 Å². The Bertz CT molecular complexity index is 1270. The molecule has 1 aliphatic heterocycles. The van der Waals surface area contributed by atoms with Crippen LogP contribution in [-0.4, -0.2) is 29.1 Å². The molecule has 3 N–H and O–H groups in total. The normalized spacial score (nSPS) is 18.9. The van der Waals surface area contributed by atoms with Gasteiger partial charge in [-0.3, -0.25) is 4.79 Å². The third-order valence-corrected chi connectivity index (χ3v) is 6.54. The fraction of sp³-hybridized carbons (Fsp3) is 0.321. The number of benzene rings is 2. The van der Waals surface area contributed by atoms with Gasteiger partial charge < -0.3 is 20.6 Å². The molecular weight excluding hydrogens is 428 g/mol. The largest absolute Gasteiger partial charge is 0.478 e. The lowest BCUT2D eigenvalue weighted by Crippen LogP contribution is -2.29. The van der Waals surface area contributed by atoms with Crippen molar-refractivity contribution in [1.29, 1.82) is 5.41 Å². The topological polar surface area (TPSA) is 99.5 Å². The second kappa shape index (κ2) is 8.93. The van der Waals surface area contributed by atoms with Gasteiger partial charge >= 0.3 is 5.97 Å². The first-order valence-electron chi connectivity index (χ1n) is 11.6. The Balaban J connectivity index is 1.96. The molecule has 1 heterocycles. The van der Waals surface area contributed by atoms with Crippen LogP contribution in [0.1, 0.15) is 71.0 Å². The van der Waals surface area contributed by atoms with Gasteiger partial charge in [0, 0.05) is 53.3 Å². The highest BCUT2D eigenvalue weighted by atomic mass is 16.5. The van der Waals surface area contributed by atoms with Crippen molar-refractivity contribution < 1.29 is 19.4 Å². The Labute approximate surface area is 199 Å². The van der Waals surface area contributed by atoms with Gasteiger partial charge in [-0.15, -0.1) is 0 Å². The number of carboxylic acid groups (broad SMARTS) is 1. The summed E-state index contributed by atoms with van der Waals surface area (Å²) in [5.41, 5.74) is 5.21. The Kier molecular flexibility index (Phi) is 6.17. The molecule has 176 valence electrons. The number of hydrogen-bond acceptors (Lipinski definition) is 5. The summed E-state index contributed by atoms with van der Waals surface area (Å²) >= 11 is 0. The van der Waals surface area contributed by atoms with E-state index in [2.05, 4.69) is 11.4 Å². The molecule has 0 amide bonds. The van der Waals surface area contributed by atoms with Crippen molar-refractivity contribution >= 4 is 23.2 Å². The van der Waals surface area contributed by atoms with Gasteiger partial charge in [0.05, 0.1) is 11.3 Å². The van der Waals surface area contributed by atoms with Crippen LogP contribution >= 0.6 is 0 Å². The summed E-state index contributed by atoms with van der Waals surface area (Å²) in [6.45, 7) is 10.3. The zero-order valence-electron chi connectivity index (χ0n) is 20.2. The van der Waals surface area contributed by atoms with Gasteiger partial charge in [-0.1, -0.05) is 32.1 Å². The van der Waals surface area contributed by atoms with Crippen LogP contribution in [0.4, 0.5) is 5.69 Å². The first kappa shape index (κ1) is 23.5. The zero-order chi connectivity index (χ0) is 24.7. The molecule has 34 heavy (non-hydrogen) atoms. The lowest BCUT2D eigenvalue weighted by molar-refractivity contribution is 0.0695. The monoisotopic (exact) mass is 458 g/mol. The van der Waals surface area contributed by atoms with Crippen LogP contribution in [0.15, 0.2) is 53.8 Å². The Morgan fingerprint density at radius 1 is 1.15 bits per heavy atom. The fourth-order valence-corrected chi connectivity index (χ4v) is 4.75. The summed E-state index contributed by atoms with van der Waals surface area (Å²) < 4.78 is 6.28. The van der Waals surface area contributed by atoms with Crippen molar-refractivity contribution in [2.24, 2.45) is 11.8 Å². The van der Waals surface area contributed by atoms with E-state index in [9.17, 15) is 14.7 Å². The van der Waals surface area contributed by atoms with E-state index in [-0.39, 0.29) is 29.1 Å². The molecule has 2 aromatic rings. The van der Waals surface area contributed by atoms with Crippen LogP contribution in [-0.2, 0) is 0 Å². The molecule has 2 unspecified atom stereocenters. The molecule has 4 rings (SSSR count). The van der Waals surface area contributed by atoms with E-state index in [1.165, 1.54) is 6.07 Å². The second-order valence-corrected chi connectivity index (χ2v) is 9.28. The predicted octanol–water partition coefficient (Wildman–Crippen LogP) is 5.97. The second-order valence-electron chi connectivity index (χ2n) is 9.28. The first-order valence-corrected chi connectivity index (χ1v) is 11.6. The smallest absolute Gasteiger partial charge is 0.336 e. The van der Waals surface area contributed by atoms with Crippen molar-refractivity contribution in [1.82, 2.24) is 0 Å². The number of fused-ring (bicyclic) bond motifs is 2. The van der Waals surface area contributed by atoms with E-state index < -0.39 is 5.97 Å². The third-order valence-electron chi connectivity index (χ3n) is 6.54. The van der Waals surface area contributed by atoms with Gasteiger partial charge in [0.25, 0.3) is 0 Å². The number of carbonyl (C=O) groups is 2. The summed E-state index contributed by atoms with van der Waals surface area (Å²) in [4.78, 5) is 25.0. The molecule has 0 saturated heterocycles. The van der Waals surface area contributed by atoms with Crippen LogP contribution in [0.3, 0.4) is 0 Å². The molecule has 0 spiro atoms. The van der Waals surface area contributed by atoms with Crippen molar-refractivity contribution in [2.45, 2.75) is 40.5 Å². The number of ketones is 1. The lowest BCUT2D eigenvalue weighted by atomic mass is 9.73.